The number of nitrogens with zero attached hydrogens (tertiary/aromatic N) is 1. The van der Waals surface area contributed by atoms with Crippen molar-refractivity contribution in [3.05, 3.63) is 24.0 Å². The Morgan fingerprint density at radius 2 is 2.05 bits per heavy atom. The lowest BCUT2D eigenvalue weighted by molar-refractivity contribution is -0.117. The Hall–Kier alpha value is -0.840. The van der Waals surface area contributed by atoms with E-state index in [1.54, 1.807) is 12.4 Å². The van der Waals surface area contributed by atoms with E-state index >= 15 is 0 Å². The lowest BCUT2D eigenvalue weighted by atomic mass is 9.83. The summed E-state index contributed by atoms with van der Waals surface area (Å²) >= 11 is 0. The van der Waals surface area contributed by atoms with Crippen LogP contribution < -0.4 is 11.1 Å². The first-order chi connectivity index (χ1) is 8.65. The summed E-state index contributed by atoms with van der Waals surface area (Å²) in [6.45, 7) is 1.96. The Labute approximate surface area is 132 Å². The number of nitrogens with two attached hydrogens (primary N) is 1. The molecule has 0 aliphatic heterocycles. The molecule has 0 radical (unpaired) electrons. The van der Waals surface area contributed by atoms with E-state index in [1.165, 1.54) is 12.8 Å². The number of pyridine rings is 1. The molecule has 1 aliphatic rings. The SMILES string of the molecule is Cc1cncc(NC(=O)CC2CCCCC2N)c1.Cl.Cl. The first-order valence-corrected chi connectivity index (χ1v) is 6.62. The summed E-state index contributed by atoms with van der Waals surface area (Å²) < 4.78 is 0. The molecule has 1 aliphatic carbocycles. The van der Waals surface area contributed by atoms with Gasteiger partial charge >= 0.3 is 0 Å². The molecule has 6 heteroatoms. The highest BCUT2D eigenvalue weighted by atomic mass is 35.5. The fraction of sp³-hybridized carbons (Fsp3) is 0.571. The molecular formula is C14H23Cl2N3O. The summed E-state index contributed by atoms with van der Waals surface area (Å²) in [5, 5.41) is 2.89. The molecule has 0 spiro atoms. The van der Waals surface area contributed by atoms with E-state index in [2.05, 4.69) is 10.3 Å². The molecule has 2 rings (SSSR count). The summed E-state index contributed by atoms with van der Waals surface area (Å²) in [4.78, 5) is 16.0. The average Bonchev–Trinajstić information content (AvgIpc) is 2.32. The van der Waals surface area contributed by atoms with Gasteiger partial charge in [0.1, 0.15) is 0 Å². The number of aryl methyl sites for hydroxylation is 1. The molecule has 1 fully saturated rings. The van der Waals surface area contributed by atoms with E-state index in [-0.39, 0.29) is 36.8 Å². The minimum absolute atomic E-state index is 0. The summed E-state index contributed by atoms with van der Waals surface area (Å²) in [7, 11) is 0. The number of nitrogens with one attached hydrogen (secondary N) is 1. The number of hydrogen-bond acceptors (Lipinski definition) is 3. The van der Waals surface area contributed by atoms with E-state index in [0.717, 1.165) is 24.1 Å². The minimum atomic E-state index is 0. The van der Waals surface area contributed by atoms with Crippen LogP contribution in [0.4, 0.5) is 5.69 Å². The lowest BCUT2D eigenvalue weighted by Gasteiger charge is -2.27. The van der Waals surface area contributed by atoms with Gasteiger partial charge in [0.15, 0.2) is 0 Å². The van der Waals surface area contributed by atoms with Crippen LogP contribution in [-0.4, -0.2) is 16.9 Å². The summed E-state index contributed by atoms with van der Waals surface area (Å²) in [5.74, 6) is 0.376. The topological polar surface area (TPSA) is 68.0 Å². The minimum Gasteiger partial charge on any atom is -0.327 e. The largest absolute Gasteiger partial charge is 0.327 e. The number of rotatable bonds is 3. The third kappa shape index (κ3) is 5.65. The molecule has 1 saturated carbocycles. The van der Waals surface area contributed by atoms with Crippen LogP contribution in [0, 0.1) is 12.8 Å². The molecule has 2 atom stereocenters. The van der Waals surface area contributed by atoms with Crippen LogP contribution in [0.25, 0.3) is 0 Å². The van der Waals surface area contributed by atoms with Crippen molar-refractivity contribution in [2.24, 2.45) is 11.7 Å². The van der Waals surface area contributed by atoms with Gasteiger partial charge in [-0.1, -0.05) is 12.8 Å². The van der Waals surface area contributed by atoms with Crippen molar-refractivity contribution in [3.63, 3.8) is 0 Å². The van der Waals surface area contributed by atoms with Gasteiger partial charge in [0.05, 0.1) is 11.9 Å². The molecule has 0 aromatic carbocycles. The molecule has 3 N–H and O–H groups in total. The normalized spacial score (nSPS) is 21.3. The van der Waals surface area contributed by atoms with Crippen LogP contribution in [0.2, 0.25) is 0 Å². The van der Waals surface area contributed by atoms with Gasteiger partial charge in [-0.05, 0) is 37.3 Å². The smallest absolute Gasteiger partial charge is 0.224 e. The maximum atomic E-state index is 11.9. The number of amides is 1. The zero-order valence-corrected chi connectivity index (χ0v) is 13.3. The second-order valence-corrected chi connectivity index (χ2v) is 5.21. The predicted molar refractivity (Wildman–Crippen MR) is 86.7 cm³/mol. The number of carbonyl (C=O) groups is 1. The van der Waals surface area contributed by atoms with Gasteiger partial charge < -0.3 is 11.1 Å². The molecule has 1 aromatic rings. The Kier molecular flexibility index (Phi) is 8.78. The highest BCUT2D eigenvalue weighted by molar-refractivity contribution is 5.90. The number of anilines is 1. The number of carbonyl (C=O) groups excluding carboxylic acids is 1. The lowest BCUT2D eigenvalue weighted by Crippen LogP contribution is -2.35. The molecule has 4 nitrogen and oxygen atoms in total. The van der Waals surface area contributed by atoms with E-state index in [4.69, 9.17) is 5.73 Å². The number of hydrogen-bond donors (Lipinski definition) is 2. The maximum Gasteiger partial charge on any atom is 0.224 e. The zero-order valence-electron chi connectivity index (χ0n) is 11.7. The van der Waals surface area contributed by atoms with Crippen LogP contribution >= 0.6 is 24.8 Å². The highest BCUT2D eigenvalue weighted by Gasteiger charge is 2.24. The summed E-state index contributed by atoms with van der Waals surface area (Å²) in [6, 6.07) is 2.10. The van der Waals surface area contributed by atoms with Gasteiger partial charge in [-0.2, -0.15) is 0 Å². The molecule has 0 saturated heterocycles. The third-order valence-electron chi connectivity index (χ3n) is 3.57. The van der Waals surface area contributed by atoms with Crippen molar-refractivity contribution in [1.29, 1.82) is 0 Å². The van der Waals surface area contributed by atoms with Crippen molar-refractivity contribution in [1.82, 2.24) is 4.98 Å². The molecule has 0 bridgehead atoms. The average molecular weight is 320 g/mol. The van der Waals surface area contributed by atoms with E-state index < -0.39 is 0 Å². The van der Waals surface area contributed by atoms with Gasteiger partial charge in [0.25, 0.3) is 0 Å². The third-order valence-corrected chi connectivity index (χ3v) is 3.57. The monoisotopic (exact) mass is 319 g/mol. The Balaban J connectivity index is 0.00000180. The van der Waals surface area contributed by atoms with Crippen LogP contribution in [0.15, 0.2) is 18.5 Å². The molecule has 1 amide bonds. The van der Waals surface area contributed by atoms with E-state index in [0.29, 0.717) is 12.3 Å². The molecule has 1 aromatic heterocycles. The maximum absolute atomic E-state index is 11.9. The molecular weight excluding hydrogens is 297 g/mol. The Morgan fingerprint density at radius 1 is 1.35 bits per heavy atom. The van der Waals surface area contributed by atoms with E-state index in [1.807, 2.05) is 13.0 Å². The second kappa shape index (κ2) is 9.16. The summed E-state index contributed by atoms with van der Waals surface area (Å²) in [5.41, 5.74) is 7.86. The second-order valence-electron chi connectivity index (χ2n) is 5.21. The zero-order chi connectivity index (χ0) is 13.0. The van der Waals surface area contributed by atoms with Crippen LogP contribution in [0.5, 0.6) is 0 Å². The van der Waals surface area contributed by atoms with Gasteiger partial charge in [0, 0.05) is 18.7 Å². The van der Waals surface area contributed by atoms with Crippen molar-refractivity contribution in [2.45, 2.75) is 45.1 Å². The van der Waals surface area contributed by atoms with Gasteiger partial charge in [0.2, 0.25) is 5.91 Å². The fourth-order valence-electron chi connectivity index (χ4n) is 2.56. The molecule has 114 valence electrons. The van der Waals surface area contributed by atoms with Crippen molar-refractivity contribution in [2.75, 3.05) is 5.32 Å². The standard InChI is InChI=1S/C14H21N3O.2ClH/c1-10-6-12(9-16-8-10)17-14(18)7-11-4-2-3-5-13(11)15;;/h6,8-9,11,13H,2-5,7,15H2,1H3,(H,17,18);2*1H. The van der Waals surface area contributed by atoms with E-state index in [9.17, 15) is 4.79 Å². The van der Waals surface area contributed by atoms with Crippen molar-refractivity contribution < 1.29 is 4.79 Å². The van der Waals surface area contributed by atoms with Crippen LogP contribution in [-0.2, 0) is 4.79 Å². The number of aromatic nitrogens is 1. The first kappa shape index (κ1) is 19.2. The Morgan fingerprint density at radius 3 is 2.70 bits per heavy atom. The van der Waals surface area contributed by atoms with Gasteiger partial charge in [-0.3, -0.25) is 9.78 Å². The summed E-state index contributed by atoms with van der Waals surface area (Å²) in [6.07, 6.45) is 8.47. The van der Waals surface area contributed by atoms with Crippen LogP contribution in [0.1, 0.15) is 37.7 Å². The Bertz CT molecular complexity index is 429. The first-order valence-electron chi connectivity index (χ1n) is 6.62. The highest BCUT2D eigenvalue weighted by Crippen LogP contribution is 2.26. The molecule has 20 heavy (non-hydrogen) atoms. The quantitative estimate of drug-likeness (QED) is 0.899. The van der Waals surface area contributed by atoms with Gasteiger partial charge in [-0.15, -0.1) is 24.8 Å². The van der Waals surface area contributed by atoms with Gasteiger partial charge in [-0.25, -0.2) is 0 Å². The van der Waals surface area contributed by atoms with Crippen molar-refractivity contribution >= 4 is 36.4 Å². The predicted octanol–water partition coefficient (Wildman–Crippen LogP) is 3.08. The van der Waals surface area contributed by atoms with Crippen molar-refractivity contribution in [3.8, 4) is 0 Å². The fourth-order valence-corrected chi connectivity index (χ4v) is 2.56. The van der Waals surface area contributed by atoms with Crippen LogP contribution in [0.3, 0.4) is 0 Å². The number of halogens is 2. The molecule has 2 unspecified atom stereocenters. The molecule has 1 heterocycles.